The zero-order chi connectivity index (χ0) is 10.6. The quantitative estimate of drug-likeness (QED) is 0.720. The molecule has 0 heterocycles. The Morgan fingerprint density at radius 2 is 2.29 bits per heavy atom. The lowest BCUT2D eigenvalue weighted by Crippen LogP contribution is -2.45. The number of carbonyl (C=O) groups is 1. The molecule has 14 heavy (non-hydrogen) atoms. The number of carbonyl (C=O) groups excluding carboxylic acids is 1. The topological polar surface area (TPSA) is 55.1 Å². The van der Waals surface area contributed by atoms with Crippen LogP contribution < -0.4 is 11.1 Å². The molecule has 0 aliphatic heterocycles. The summed E-state index contributed by atoms with van der Waals surface area (Å²) >= 11 is 0. The molecule has 1 rings (SSSR count). The van der Waals surface area contributed by atoms with E-state index in [4.69, 9.17) is 5.73 Å². The minimum atomic E-state index is -0.378. The molecule has 3 heteroatoms. The summed E-state index contributed by atoms with van der Waals surface area (Å²) in [6.07, 6.45) is 6.04. The molecule has 0 radical (unpaired) electrons. The minimum absolute atomic E-state index is 0.00764. The molecule has 1 amide bonds. The summed E-state index contributed by atoms with van der Waals surface area (Å²) in [5.41, 5.74) is 5.51. The zero-order valence-electron chi connectivity index (χ0n) is 9.25. The first-order valence-corrected chi connectivity index (χ1v) is 5.69. The smallest absolute Gasteiger partial charge is 0.236 e. The van der Waals surface area contributed by atoms with Gasteiger partial charge in [0.1, 0.15) is 0 Å². The Balaban J connectivity index is 2.34. The minimum Gasteiger partial charge on any atom is -0.352 e. The number of nitrogens with one attached hydrogen (secondary N) is 1. The Hall–Kier alpha value is -0.570. The molecular formula is C11H22N2O. The highest BCUT2D eigenvalue weighted by molar-refractivity contribution is 5.81. The van der Waals surface area contributed by atoms with Crippen molar-refractivity contribution in [1.29, 1.82) is 0 Å². The fraction of sp³-hybridized carbons (Fsp3) is 0.909. The van der Waals surface area contributed by atoms with Crippen LogP contribution in [0.4, 0.5) is 0 Å². The molecule has 1 fully saturated rings. The van der Waals surface area contributed by atoms with Crippen LogP contribution in [0.15, 0.2) is 0 Å². The summed E-state index contributed by atoms with van der Waals surface area (Å²) in [5, 5.41) is 3.02. The van der Waals surface area contributed by atoms with Gasteiger partial charge in [0, 0.05) is 6.04 Å². The molecule has 0 bridgehead atoms. The number of amides is 1. The van der Waals surface area contributed by atoms with Crippen LogP contribution in [0.1, 0.15) is 46.0 Å². The van der Waals surface area contributed by atoms with Crippen molar-refractivity contribution in [3.63, 3.8) is 0 Å². The van der Waals surface area contributed by atoms with Crippen molar-refractivity contribution in [3.8, 4) is 0 Å². The first-order valence-electron chi connectivity index (χ1n) is 5.69. The molecule has 0 aromatic carbocycles. The highest BCUT2D eigenvalue weighted by atomic mass is 16.2. The average molecular weight is 198 g/mol. The SMILES string of the molecule is CCC1CCCC(NC(=O)C(C)N)C1. The normalized spacial score (nSPS) is 29.6. The van der Waals surface area contributed by atoms with Gasteiger partial charge in [0.05, 0.1) is 6.04 Å². The zero-order valence-corrected chi connectivity index (χ0v) is 9.25. The maximum absolute atomic E-state index is 11.4. The predicted molar refractivity (Wildman–Crippen MR) is 57.8 cm³/mol. The van der Waals surface area contributed by atoms with Crippen molar-refractivity contribution in [3.05, 3.63) is 0 Å². The third-order valence-electron chi connectivity index (χ3n) is 3.12. The van der Waals surface area contributed by atoms with E-state index in [9.17, 15) is 4.79 Å². The molecule has 82 valence electrons. The second-order valence-electron chi connectivity index (χ2n) is 4.44. The maximum atomic E-state index is 11.4. The second kappa shape index (κ2) is 5.35. The average Bonchev–Trinajstić information content (AvgIpc) is 2.18. The van der Waals surface area contributed by atoms with Gasteiger partial charge in [0.25, 0.3) is 0 Å². The molecule has 1 aliphatic carbocycles. The molecule has 3 N–H and O–H groups in total. The van der Waals surface area contributed by atoms with E-state index in [1.807, 2.05) is 0 Å². The van der Waals surface area contributed by atoms with Gasteiger partial charge in [-0.1, -0.05) is 26.2 Å². The highest BCUT2D eigenvalue weighted by Gasteiger charge is 2.22. The Bertz CT molecular complexity index is 192. The van der Waals surface area contributed by atoms with Crippen molar-refractivity contribution < 1.29 is 4.79 Å². The van der Waals surface area contributed by atoms with Crippen LogP contribution in [0.25, 0.3) is 0 Å². The summed E-state index contributed by atoms with van der Waals surface area (Å²) in [4.78, 5) is 11.4. The standard InChI is InChI=1S/C11H22N2O/c1-3-9-5-4-6-10(7-9)13-11(14)8(2)12/h8-10H,3-7,12H2,1-2H3,(H,13,14). The first kappa shape index (κ1) is 11.5. The summed E-state index contributed by atoms with van der Waals surface area (Å²) in [6, 6.07) is -0.01000. The Kier molecular flexibility index (Phi) is 4.39. The van der Waals surface area contributed by atoms with E-state index in [2.05, 4.69) is 12.2 Å². The van der Waals surface area contributed by atoms with Gasteiger partial charge in [-0.15, -0.1) is 0 Å². The Morgan fingerprint density at radius 3 is 2.86 bits per heavy atom. The molecule has 3 atom stereocenters. The molecule has 3 nitrogen and oxygen atoms in total. The molecule has 3 unspecified atom stereocenters. The highest BCUT2D eigenvalue weighted by Crippen LogP contribution is 2.26. The predicted octanol–water partition coefficient (Wildman–Crippen LogP) is 1.42. The number of hydrogen-bond donors (Lipinski definition) is 2. The lowest BCUT2D eigenvalue weighted by atomic mass is 9.84. The van der Waals surface area contributed by atoms with Crippen molar-refractivity contribution in [1.82, 2.24) is 5.32 Å². The van der Waals surface area contributed by atoms with Gasteiger partial charge in [-0.05, 0) is 25.7 Å². The third kappa shape index (κ3) is 3.29. The van der Waals surface area contributed by atoms with Crippen molar-refractivity contribution >= 4 is 5.91 Å². The lowest BCUT2D eigenvalue weighted by Gasteiger charge is -2.29. The number of rotatable bonds is 3. The van der Waals surface area contributed by atoms with E-state index in [0.29, 0.717) is 6.04 Å². The Morgan fingerprint density at radius 1 is 1.57 bits per heavy atom. The molecule has 0 aromatic heterocycles. The van der Waals surface area contributed by atoms with Gasteiger partial charge in [-0.25, -0.2) is 0 Å². The van der Waals surface area contributed by atoms with E-state index in [1.165, 1.54) is 19.3 Å². The van der Waals surface area contributed by atoms with Gasteiger partial charge in [0.15, 0.2) is 0 Å². The van der Waals surface area contributed by atoms with Crippen molar-refractivity contribution in [2.75, 3.05) is 0 Å². The van der Waals surface area contributed by atoms with Crippen LogP contribution in [0.2, 0.25) is 0 Å². The van der Waals surface area contributed by atoms with E-state index >= 15 is 0 Å². The molecule has 1 aliphatic rings. The summed E-state index contributed by atoms with van der Waals surface area (Å²) in [5.74, 6) is 0.786. The van der Waals surface area contributed by atoms with Crippen LogP contribution in [0, 0.1) is 5.92 Å². The Labute approximate surface area is 86.4 Å². The summed E-state index contributed by atoms with van der Waals surface area (Å²) in [6.45, 7) is 3.95. The van der Waals surface area contributed by atoms with Gasteiger partial charge in [0.2, 0.25) is 5.91 Å². The van der Waals surface area contributed by atoms with Crippen molar-refractivity contribution in [2.24, 2.45) is 11.7 Å². The fourth-order valence-corrected chi connectivity index (χ4v) is 2.13. The molecule has 0 saturated heterocycles. The molecule has 1 saturated carbocycles. The molecular weight excluding hydrogens is 176 g/mol. The first-order chi connectivity index (χ1) is 6.63. The van der Waals surface area contributed by atoms with Crippen LogP contribution in [-0.4, -0.2) is 18.0 Å². The van der Waals surface area contributed by atoms with E-state index in [-0.39, 0.29) is 11.9 Å². The number of nitrogens with two attached hydrogens (primary N) is 1. The van der Waals surface area contributed by atoms with Crippen LogP contribution in [0.3, 0.4) is 0 Å². The third-order valence-corrected chi connectivity index (χ3v) is 3.12. The fourth-order valence-electron chi connectivity index (χ4n) is 2.13. The largest absolute Gasteiger partial charge is 0.352 e. The van der Waals surface area contributed by atoms with E-state index in [1.54, 1.807) is 6.92 Å². The van der Waals surface area contributed by atoms with Crippen LogP contribution >= 0.6 is 0 Å². The summed E-state index contributed by atoms with van der Waals surface area (Å²) < 4.78 is 0. The lowest BCUT2D eigenvalue weighted by molar-refractivity contribution is -0.123. The van der Waals surface area contributed by atoms with Crippen LogP contribution in [0.5, 0.6) is 0 Å². The van der Waals surface area contributed by atoms with E-state index < -0.39 is 0 Å². The monoisotopic (exact) mass is 198 g/mol. The number of hydrogen-bond acceptors (Lipinski definition) is 2. The van der Waals surface area contributed by atoms with Crippen LogP contribution in [-0.2, 0) is 4.79 Å². The van der Waals surface area contributed by atoms with Gasteiger partial charge in [-0.3, -0.25) is 4.79 Å². The molecule has 0 aromatic rings. The second-order valence-corrected chi connectivity index (χ2v) is 4.44. The maximum Gasteiger partial charge on any atom is 0.236 e. The molecule has 0 spiro atoms. The van der Waals surface area contributed by atoms with Gasteiger partial charge >= 0.3 is 0 Å². The van der Waals surface area contributed by atoms with Crippen molar-refractivity contribution in [2.45, 2.75) is 58.0 Å². The van der Waals surface area contributed by atoms with Gasteiger partial charge < -0.3 is 11.1 Å². The van der Waals surface area contributed by atoms with Gasteiger partial charge in [-0.2, -0.15) is 0 Å². The van der Waals surface area contributed by atoms with E-state index in [0.717, 1.165) is 18.8 Å². The summed E-state index contributed by atoms with van der Waals surface area (Å²) in [7, 11) is 0.